The standard InChI is InChI=1S/C20H34NO3P.C14H14N4O/c1-4-5-20(15-21-10-12-24-13-11-21)14-18(3)25(22,23)16-19-8-6-17(2)7-9-19;1-14(2)11(9-6-4-3-5-7-9)18-10-12(15)16-8-17-13(10)19-14/h4-5,14,17,19H,3,6-13,15-16H2,1-2H3,(H,22,23);3-8H,1-2H3,(H2,15,16,17)/b5-4-,20-14+;. The third kappa shape index (κ3) is 9.21. The van der Waals surface area contributed by atoms with Crippen molar-refractivity contribution in [2.75, 3.05) is 44.7 Å². The number of nitrogen functional groups attached to an aromatic ring is 1. The number of fused-ring (bicyclic) bond motifs is 1. The largest absolute Gasteiger partial charge is 0.463 e. The highest BCUT2D eigenvalue weighted by molar-refractivity contribution is 7.62. The number of benzene rings is 1. The van der Waals surface area contributed by atoms with Crippen LogP contribution in [0.5, 0.6) is 5.88 Å². The molecule has 10 heteroatoms. The van der Waals surface area contributed by atoms with Crippen LogP contribution in [-0.4, -0.2) is 70.1 Å². The SMILES string of the molecule is C=C(/C=C(\C=C/C)CN1CCOCC1)P(=O)(O)CC1CCC(C)CC1.CC1(C)Oc2ncnc(N)c2N=C1c1ccccc1. The molecule has 0 radical (unpaired) electrons. The Morgan fingerprint density at radius 2 is 1.84 bits per heavy atom. The fourth-order valence-electron chi connectivity index (χ4n) is 5.77. The molecule has 1 saturated heterocycles. The monoisotopic (exact) mass is 621 g/mol. The van der Waals surface area contributed by atoms with Gasteiger partial charge in [0.15, 0.2) is 11.5 Å². The molecule has 2 fully saturated rings. The first-order chi connectivity index (χ1) is 21.0. The fraction of sp³-hybridized carbons (Fsp3) is 0.500. The molecule has 1 unspecified atom stereocenters. The van der Waals surface area contributed by atoms with Gasteiger partial charge < -0.3 is 20.1 Å². The van der Waals surface area contributed by atoms with Crippen molar-refractivity contribution in [2.24, 2.45) is 16.8 Å². The zero-order chi connectivity index (χ0) is 31.7. The van der Waals surface area contributed by atoms with Gasteiger partial charge in [-0.2, -0.15) is 4.98 Å². The third-order valence-corrected chi connectivity index (χ3v) is 10.4. The van der Waals surface area contributed by atoms with Gasteiger partial charge in [-0.25, -0.2) is 9.98 Å². The predicted molar refractivity (Wildman–Crippen MR) is 179 cm³/mol. The van der Waals surface area contributed by atoms with E-state index in [1.54, 1.807) is 0 Å². The minimum Gasteiger partial charge on any atom is -0.463 e. The Balaban J connectivity index is 0.000000208. The van der Waals surface area contributed by atoms with E-state index >= 15 is 0 Å². The zero-order valence-electron chi connectivity index (χ0n) is 26.6. The van der Waals surface area contributed by atoms with Crippen LogP contribution in [0.1, 0.15) is 58.9 Å². The second-order valence-corrected chi connectivity index (χ2v) is 14.8. The fourth-order valence-corrected chi connectivity index (χ4v) is 7.44. The van der Waals surface area contributed by atoms with Crippen molar-refractivity contribution in [3.8, 4) is 5.88 Å². The Morgan fingerprint density at radius 1 is 1.16 bits per heavy atom. The molecule has 2 aliphatic heterocycles. The number of rotatable bonds is 8. The summed E-state index contributed by atoms with van der Waals surface area (Å²) in [6.45, 7) is 16.2. The number of aliphatic imine (C=N–C) groups is 1. The van der Waals surface area contributed by atoms with Gasteiger partial charge in [-0.05, 0) is 57.1 Å². The smallest absolute Gasteiger partial charge is 0.246 e. The number of hydrogen-bond donors (Lipinski definition) is 2. The van der Waals surface area contributed by atoms with E-state index in [2.05, 4.69) is 33.4 Å². The Labute approximate surface area is 262 Å². The summed E-state index contributed by atoms with van der Waals surface area (Å²) >= 11 is 0. The Hall–Kier alpha value is -3.10. The summed E-state index contributed by atoms with van der Waals surface area (Å²) in [5.74, 6) is 1.87. The summed E-state index contributed by atoms with van der Waals surface area (Å²) in [7, 11) is -3.35. The number of hydrogen-bond acceptors (Lipinski definition) is 8. The van der Waals surface area contributed by atoms with Crippen molar-refractivity contribution in [3.05, 3.63) is 77.9 Å². The molecule has 1 saturated carbocycles. The number of aromatic nitrogens is 2. The first-order valence-electron chi connectivity index (χ1n) is 15.6. The predicted octanol–water partition coefficient (Wildman–Crippen LogP) is 6.78. The van der Waals surface area contributed by atoms with Gasteiger partial charge in [-0.3, -0.25) is 9.46 Å². The number of morpholine rings is 1. The lowest BCUT2D eigenvalue weighted by Gasteiger charge is -2.32. The highest BCUT2D eigenvalue weighted by atomic mass is 31.2. The third-order valence-electron chi connectivity index (χ3n) is 8.34. The van der Waals surface area contributed by atoms with Crippen molar-refractivity contribution in [1.82, 2.24) is 14.9 Å². The van der Waals surface area contributed by atoms with Crippen LogP contribution in [0.25, 0.3) is 0 Å². The lowest BCUT2D eigenvalue weighted by molar-refractivity contribution is 0.0426. The molecule has 1 aliphatic carbocycles. The number of ether oxygens (including phenoxy) is 2. The lowest BCUT2D eigenvalue weighted by atomic mass is 9.84. The van der Waals surface area contributed by atoms with Gasteiger partial charge in [-0.1, -0.05) is 68.8 Å². The molecule has 44 heavy (non-hydrogen) atoms. The molecule has 5 rings (SSSR count). The number of nitrogens with zero attached hydrogens (tertiary/aromatic N) is 4. The van der Waals surface area contributed by atoms with E-state index in [4.69, 9.17) is 15.2 Å². The van der Waals surface area contributed by atoms with Gasteiger partial charge in [0.1, 0.15) is 11.9 Å². The van der Waals surface area contributed by atoms with E-state index < -0.39 is 13.0 Å². The number of allylic oxidation sites excluding steroid dienone is 3. The van der Waals surface area contributed by atoms with Crippen LogP contribution in [0.3, 0.4) is 0 Å². The summed E-state index contributed by atoms with van der Waals surface area (Å²) < 4.78 is 24.1. The molecule has 1 aromatic heterocycles. The van der Waals surface area contributed by atoms with Crippen LogP contribution in [0, 0.1) is 11.8 Å². The van der Waals surface area contributed by atoms with Crippen LogP contribution >= 0.6 is 7.37 Å². The molecule has 3 N–H and O–H groups in total. The van der Waals surface area contributed by atoms with E-state index in [0.717, 1.165) is 68.5 Å². The molecule has 3 aliphatic rings. The summed E-state index contributed by atoms with van der Waals surface area (Å²) in [6, 6.07) is 9.89. The molecule has 0 amide bonds. The Kier molecular flexibility index (Phi) is 11.7. The quantitative estimate of drug-likeness (QED) is 0.244. The summed E-state index contributed by atoms with van der Waals surface area (Å²) in [5.41, 5.74) is 8.64. The summed E-state index contributed by atoms with van der Waals surface area (Å²) in [6.07, 6.45) is 12.1. The van der Waals surface area contributed by atoms with Crippen molar-refractivity contribution in [3.63, 3.8) is 0 Å². The molecule has 0 spiro atoms. The second kappa shape index (κ2) is 15.3. The van der Waals surface area contributed by atoms with Crippen molar-refractivity contribution in [2.45, 2.75) is 59.0 Å². The molecule has 0 bridgehead atoms. The minimum absolute atomic E-state index is 0.328. The van der Waals surface area contributed by atoms with E-state index in [-0.39, 0.29) is 0 Å². The summed E-state index contributed by atoms with van der Waals surface area (Å²) in [5, 5.41) is 0.396. The molecular weight excluding hydrogens is 573 g/mol. The molecular formula is C34H48N5O4P. The maximum Gasteiger partial charge on any atom is 0.246 e. The van der Waals surface area contributed by atoms with E-state index in [0.29, 0.717) is 34.8 Å². The Morgan fingerprint density at radius 3 is 2.50 bits per heavy atom. The minimum atomic E-state index is -3.35. The van der Waals surface area contributed by atoms with Crippen LogP contribution in [-0.2, 0) is 9.30 Å². The van der Waals surface area contributed by atoms with E-state index in [1.807, 2.05) is 69.3 Å². The van der Waals surface area contributed by atoms with Gasteiger partial charge in [0.05, 0.1) is 18.9 Å². The van der Waals surface area contributed by atoms with Gasteiger partial charge >= 0.3 is 0 Å². The molecule has 1 aromatic carbocycles. The normalized spacial score (nSPS) is 23.4. The average molecular weight is 622 g/mol. The van der Waals surface area contributed by atoms with Crippen molar-refractivity contribution >= 4 is 24.6 Å². The maximum atomic E-state index is 12.8. The number of nitrogens with two attached hydrogens (primary N) is 1. The topological polar surface area (TPSA) is 123 Å². The van der Waals surface area contributed by atoms with Gasteiger partial charge in [0.25, 0.3) is 0 Å². The Bertz CT molecular complexity index is 1410. The van der Waals surface area contributed by atoms with E-state index in [1.165, 1.54) is 19.2 Å². The van der Waals surface area contributed by atoms with Gasteiger partial charge in [-0.15, -0.1) is 0 Å². The van der Waals surface area contributed by atoms with Gasteiger partial charge in [0.2, 0.25) is 13.2 Å². The van der Waals surface area contributed by atoms with E-state index in [9.17, 15) is 9.46 Å². The molecule has 3 heterocycles. The molecule has 238 valence electrons. The number of anilines is 1. The van der Waals surface area contributed by atoms with Gasteiger partial charge in [0, 0.05) is 36.7 Å². The summed E-state index contributed by atoms with van der Waals surface area (Å²) in [4.78, 5) is 25.5. The highest BCUT2D eigenvalue weighted by Crippen LogP contribution is 2.53. The maximum absolute atomic E-state index is 12.8. The molecule has 9 nitrogen and oxygen atoms in total. The molecule has 2 aromatic rings. The first kappa shape index (κ1) is 33.8. The highest BCUT2D eigenvalue weighted by Gasteiger charge is 2.35. The zero-order valence-corrected chi connectivity index (χ0v) is 27.5. The van der Waals surface area contributed by atoms with Crippen molar-refractivity contribution in [1.29, 1.82) is 0 Å². The van der Waals surface area contributed by atoms with Crippen LogP contribution < -0.4 is 10.5 Å². The second-order valence-electron chi connectivity index (χ2n) is 12.5. The van der Waals surface area contributed by atoms with Crippen LogP contribution in [0.2, 0.25) is 0 Å². The lowest BCUT2D eigenvalue weighted by Crippen LogP contribution is -2.41. The first-order valence-corrected chi connectivity index (χ1v) is 17.4. The molecule has 1 atom stereocenters. The van der Waals surface area contributed by atoms with Crippen molar-refractivity contribution < 1.29 is 18.9 Å². The average Bonchev–Trinajstić information content (AvgIpc) is 2.99. The van der Waals surface area contributed by atoms with Crippen LogP contribution in [0.15, 0.2) is 77.3 Å². The van der Waals surface area contributed by atoms with Crippen LogP contribution in [0.4, 0.5) is 11.5 Å².